The van der Waals surface area contributed by atoms with Crippen LogP contribution in [-0.2, 0) is 16.6 Å². The number of hydrogen-bond acceptors (Lipinski definition) is 3. The molecule has 1 aromatic rings. The predicted molar refractivity (Wildman–Crippen MR) is 91.0 cm³/mol. The molecule has 0 bridgehead atoms. The van der Waals surface area contributed by atoms with Crippen molar-refractivity contribution < 1.29 is 17.6 Å². The molecule has 0 aliphatic rings. The van der Waals surface area contributed by atoms with Crippen LogP contribution in [0, 0.1) is 5.82 Å². The van der Waals surface area contributed by atoms with Gasteiger partial charge in [0, 0.05) is 30.7 Å². The van der Waals surface area contributed by atoms with Gasteiger partial charge in [-0.2, -0.15) is 0 Å². The number of nitrogens with one attached hydrogen (secondary N) is 2. The fourth-order valence-electron chi connectivity index (χ4n) is 2.00. The van der Waals surface area contributed by atoms with E-state index in [1.807, 2.05) is 0 Å². The van der Waals surface area contributed by atoms with Crippen LogP contribution in [0.1, 0.15) is 19.4 Å². The van der Waals surface area contributed by atoms with E-state index in [4.69, 9.17) is 0 Å². The van der Waals surface area contributed by atoms with Gasteiger partial charge in [0.2, 0.25) is 10.0 Å². The molecule has 1 rings (SSSR count). The standard InChI is InChI=1S/C14H21BrFN3O3S/c1-3-19(4-2)23(21,22)6-5-17-14(20)18-10-11-7-12(15)9-13(16)8-11/h7-9H,3-6,10H2,1-2H3,(H2,17,18,20). The minimum absolute atomic E-state index is 0.0114. The summed E-state index contributed by atoms with van der Waals surface area (Å²) in [6, 6.07) is 3.83. The van der Waals surface area contributed by atoms with Gasteiger partial charge in [-0.15, -0.1) is 0 Å². The van der Waals surface area contributed by atoms with Crippen molar-refractivity contribution in [2.45, 2.75) is 20.4 Å². The minimum Gasteiger partial charge on any atom is -0.337 e. The fourth-order valence-corrected chi connectivity index (χ4v) is 3.92. The molecule has 0 atom stereocenters. The first-order valence-corrected chi connectivity index (χ1v) is 9.63. The zero-order chi connectivity index (χ0) is 17.5. The maximum atomic E-state index is 13.2. The number of nitrogens with zero attached hydrogens (tertiary/aromatic N) is 1. The van der Waals surface area contributed by atoms with E-state index in [9.17, 15) is 17.6 Å². The van der Waals surface area contributed by atoms with Gasteiger partial charge >= 0.3 is 6.03 Å². The second kappa shape index (κ2) is 9.19. The smallest absolute Gasteiger partial charge is 0.315 e. The van der Waals surface area contributed by atoms with E-state index < -0.39 is 21.9 Å². The lowest BCUT2D eigenvalue weighted by Crippen LogP contribution is -2.40. The van der Waals surface area contributed by atoms with E-state index in [1.54, 1.807) is 19.9 Å². The molecule has 6 nitrogen and oxygen atoms in total. The van der Waals surface area contributed by atoms with Crippen LogP contribution in [0.5, 0.6) is 0 Å². The van der Waals surface area contributed by atoms with Crippen molar-refractivity contribution in [3.63, 3.8) is 0 Å². The first-order valence-electron chi connectivity index (χ1n) is 7.23. The van der Waals surface area contributed by atoms with Gasteiger partial charge in [0.1, 0.15) is 5.82 Å². The van der Waals surface area contributed by atoms with Gasteiger partial charge < -0.3 is 10.6 Å². The molecule has 130 valence electrons. The van der Waals surface area contributed by atoms with Crippen LogP contribution < -0.4 is 10.6 Å². The Morgan fingerprint density at radius 1 is 1.22 bits per heavy atom. The first kappa shape index (κ1) is 19.9. The Morgan fingerprint density at radius 3 is 2.43 bits per heavy atom. The van der Waals surface area contributed by atoms with Gasteiger partial charge in [-0.3, -0.25) is 0 Å². The molecular formula is C14H21BrFN3O3S. The van der Waals surface area contributed by atoms with E-state index in [0.717, 1.165) is 0 Å². The summed E-state index contributed by atoms with van der Waals surface area (Å²) in [7, 11) is -3.36. The number of benzene rings is 1. The summed E-state index contributed by atoms with van der Waals surface area (Å²) < 4.78 is 39.0. The molecular weight excluding hydrogens is 389 g/mol. The van der Waals surface area contributed by atoms with Crippen LogP contribution in [0.4, 0.5) is 9.18 Å². The van der Waals surface area contributed by atoms with Crippen LogP contribution in [0.3, 0.4) is 0 Å². The van der Waals surface area contributed by atoms with E-state index >= 15 is 0 Å². The average Bonchev–Trinajstić information content (AvgIpc) is 2.45. The monoisotopic (exact) mass is 409 g/mol. The Bertz CT molecular complexity index is 616. The Morgan fingerprint density at radius 2 is 1.87 bits per heavy atom. The molecule has 0 aromatic heterocycles. The summed E-state index contributed by atoms with van der Waals surface area (Å²) in [6.07, 6.45) is 0. The van der Waals surface area contributed by atoms with Gasteiger partial charge in [-0.1, -0.05) is 29.8 Å². The highest BCUT2D eigenvalue weighted by atomic mass is 79.9. The zero-order valence-corrected chi connectivity index (χ0v) is 15.5. The highest BCUT2D eigenvalue weighted by molar-refractivity contribution is 9.10. The lowest BCUT2D eigenvalue weighted by Gasteiger charge is -2.18. The molecule has 1 aromatic carbocycles. The molecule has 0 fully saturated rings. The van der Waals surface area contributed by atoms with Crippen LogP contribution in [0.25, 0.3) is 0 Å². The number of carbonyl (C=O) groups is 1. The molecule has 0 radical (unpaired) electrons. The summed E-state index contributed by atoms with van der Waals surface area (Å²) in [4.78, 5) is 11.6. The molecule has 2 amide bonds. The molecule has 0 heterocycles. The van der Waals surface area contributed by atoms with Gasteiger partial charge in [0.15, 0.2) is 0 Å². The number of amides is 2. The molecule has 0 unspecified atom stereocenters. The Balaban J connectivity index is 2.40. The number of halogens is 2. The largest absolute Gasteiger partial charge is 0.337 e. The summed E-state index contributed by atoms with van der Waals surface area (Å²) >= 11 is 3.17. The molecule has 0 spiro atoms. The van der Waals surface area contributed by atoms with Crippen molar-refractivity contribution in [2.24, 2.45) is 0 Å². The molecule has 0 saturated heterocycles. The highest BCUT2D eigenvalue weighted by Gasteiger charge is 2.18. The second-order valence-electron chi connectivity index (χ2n) is 4.79. The maximum absolute atomic E-state index is 13.2. The van der Waals surface area contributed by atoms with E-state index in [0.29, 0.717) is 23.1 Å². The fraction of sp³-hybridized carbons (Fsp3) is 0.500. The van der Waals surface area contributed by atoms with Gasteiger partial charge in [0.25, 0.3) is 0 Å². The summed E-state index contributed by atoms with van der Waals surface area (Å²) in [5, 5.41) is 5.03. The van der Waals surface area contributed by atoms with Gasteiger partial charge in [-0.25, -0.2) is 21.9 Å². The van der Waals surface area contributed by atoms with Crippen molar-refractivity contribution >= 4 is 32.0 Å². The molecule has 0 aliphatic carbocycles. The van der Waals surface area contributed by atoms with Crippen molar-refractivity contribution in [3.05, 3.63) is 34.1 Å². The van der Waals surface area contributed by atoms with Gasteiger partial charge in [0.05, 0.1) is 5.75 Å². The number of rotatable bonds is 8. The summed E-state index contributed by atoms with van der Waals surface area (Å²) in [6.45, 7) is 4.48. The quantitative estimate of drug-likeness (QED) is 0.689. The Labute approximate surface area is 144 Å². The summed E-state index contributed by atoms with van der Waals surface area (Å²) in [5.74, 6) is -0.560. The van der Waals surface area contributed by atoms with Crippen LogP contribution in [-0.4, -0.2) is 44.1 Å². The van der Waals surface area contributed by atoms with E-state index in [2.05, 4.69) is 26.6 Å². The Hall–Kier alpha value is -1.19. The van der Waals surface area contributed by atoms with Crippen molar-refractivity contribution in [1.29, 1.82) is 0 Å². The first-order chi connectivity index (χ1) is 10.8. The highest BCUT2D eigenvalue weighted by Crippen LogP contribution is 2.14. The normalized spacial score (nSPS) is 11.5. The molecule has 0 aliphatic heterocycles. The molecule has 0 saturated carbocycles. The Kier molecular flexibility index (Phi) is 7.93. The third kappa shape index (κ3) is 6.84. The number of sulfonamides is 1. The van der Waals surface area contributed by atoms with Crippen LogP contribution >= 0.6 is 15.9 Å². The van der Waals surface area contributed by atoms with Gasteiger partial charge in [-0.05, 0) is 23.8 Å². The minimum atomic E-state index is -3.36. The van der Waals surface area contributed by atoms with Crippen LogP contribution in [0.15, 0.2) is 22.7 Å². The van der Waals surface area contributed by atoms with Crippen LogP contribution in [0.2, 0.25) is 0 Å². The predicted octanol–water partition coefficient (Wildman–Crippen LogP) is 2.06. The summed E-state index contributed by atoms with van der Waals surface area (Å²) in [5.41, 5.74) is 0.600. The van der Waals surface area contributed by atoms with E-state index in [1.165, 1.54) is 16.4 Å². The van der Waals surface area contributed by atoms with Crippen molar-refractivity contribution in [2.75, 3.05) is 25.4 Å². The lowest BCUT2D eigenvalue weighted by atomic mass is 10.2. The number of hydrogen-bond donors (Lipinski definition) is 2. The average molecular weight is 410 g/mol. The molecule has 9 heteroatoms. The second-order valence-corrected chi connectivity index (χ2v) is 7.79. The lowest BCUT2D eigenvalue weighted by molar-refractivity contribution is 0.241. The van der Waals surface area contributed by atoms with E-state index in [-0.39, 0.29) is 18.8 Å². The maximum Gasteiger partial charge on any atom is 0.315 e. The third-order valence-electron chi connectivity index (χ3n) is 3.12. The molecule has 23 heavy (non-hydrogen) atoms. The number of carbonyl (C=O) groups excluding carboxylic acids is 1. The van der Waals surface area contributed by atoms with Crippen molar-refractivity contribution in [1.82, 2.24) is 14.9 Å². The third-order valence-corrected chi connectivity index (χ3v) is 5.60. The van der Waals surface area contributed by atoms with Crippen molar-refractivity contribution in [3.8, 4) is 0 Å². The SMILES string of the molecule is CCN(CC)S(=O)(=O)CCNC(=O)NCc1cc(F)cc(Br)c1. The zero-order valence-electron chi connectivity index (χ0n) is 13.1. The molecule has 2 N–H and O–H groups in total. The number of urea groups is 1. The topological polar surface area (TPSA) is 78.5 Å².